The third kappa shape index (κ3) is 5.28. The van der Waals surface area contributed by atoms with Crippen molar-refractivity contribution in [3.05, 3.63) is 94.3 Å². The Hall–Kier alpha value is -3.78. The van der Waals surface area contributed by atoms with E-state index in [2.05, 4.69) is 19.2 Å². The van der Waals surface area contributed by atoms with Gasteiger partial charge in [0.1, 0.15) is 5.75 Å². The number of nitrogens with one attached hydrogen (secondary N) is 1. The van der Waals surface area contributed by atoms with Gasteiger partial charge >= 0.3 is 0 Å². The number of benzene rings is 2. The molecule has 0 amide bonds. The first-order valence-electron chi connectivity index (χ1n) is 9.95. The summed E-state index contributed by atoms with van der Waals surface area (Å²) in [5.74, 6) is 0.904. The predicted molar refractivity (Wildman–Crippen MR) is 129 cm³/mol. The van der Waals surface area contributed by atoms with E-state index in [9.17, 15) is 15.2 Å². The van der Waals surface area contributed by atoms with E-state index in [1.54, 1.807) is 17.7 Å². The second-order valence-electron chi connectivity index (χ2n) is 7.38. The molecule has 0 atom stereocenters. The Balaban J connectivity index is 2.06. The van der Waals surface area contributed by atoms with Gasteiger partial charge in [0.25, 0.3) is 11.4 Å². The predicted octanol–water partition coefficient (Wildman–Crippen LogP) is 5.34. The first-order valence-corrected chi connectivity index (χ1v) is 10.4. The van der Waals surface area contributed by atoms with Crippen LogP contribution in [0.25, 0.3) is 11.5 Å². The van der Waals surface area contributed by atoms with Crippen LogP contribution >= 0.6 is 12.2 Å². The van der Waals surface area contributed by atoms with Crippen LogP contribution in [-0.2, 0) is 0 Å². The van der Waals surface area contributed by atoms with E-state index in [0.717, 1.165) is 5.56 Å². The van der Waals surface area contributed by atoms with Crippen LogP contribution in [0, 0.1) is 10.1 Å². The van der Waals surface area contributed by atoms with E-state index in [0.29, 0.717) is 28.6 Å². The average Bonchev–Trinajstić information content (AvgIpc) is 2.79. The van der Waals surface area contributed by atoms with Gasteiger partial charge in [-0.2, -0.15) is 4.57 Å². The second-order valence-corrected chi connectivity index (χ2v) is 7.79. The number of nitrogens with zero attached hydrogens (tertiary/aromatic N) is 2. The Morgan fingerprint density at radius 1 is 1.12 bits per heavy atom. The SMILES string of the molecule is COc1cccc(NC(=S)/C(=C(\O)c2ccc([N+](=O)[O-])cc2)[n+]2ccc(C(C)C)cc2)c1. The van der Waals surface area contributed by atoms with Gasteiger partial charge in [-0.1, -0.05) is 32.1 Å². The molecule has 0 saturated heterocycles. The zero-order valence-electron chi connectivity index (χ0n) is 18.0. The van der Waals surface area contributed by atoms with Gasteiger partial charge in [0.05, 0.1) is 12.0 Å². The number of nitro benzene ring substituents is 1. The van der Waals surface area contributed by atoms with Gasteiger partial charge in [-0.15, -0.1) is 0 Å². The number of aliphatic hydroxyl groups excluding tert-OH is 1. The maximum atomic E-state index is 11.1. The lowest BCUT2D eigenvalue weighted by Gasteiger charge is -2.12. The zero-order chi connectivity index (χ0) is 23.3. The number of ether oxygens (including phenoxy) is 1. The molecule has 3 rings (SSSR count). The first kappa shape index (κ1) is 22.9. The minimum atomic E-state index is -0.486. The number of rotatable bonds is 7. The summed E-state index contributed by atoms with van der Waals surface area (Å²) in [6.45, 7) is 4.19. The van der Waals surface area contributed by atoms with Gasteiger partial charge in [0, 0.05) is 41.6 Å². The van der Waals surface area contributed by atoms with Crippen molar-refractivity contribution in [3.8, 4) is 5.75 Å². The van der Waals surface area contributed by atoms with Crippen molar-refractivity contribution in [1.29, 1.82) is 0 Å². The number of nitro groups is 1. The molecule has 8 heteroatoms. The van der Waals surface area contributed by atoms with Crippen molar-refractivity contribution in [2.75, 3.05) is 12.4 Å². The quantitative estimate of drug-likeness (QED) is 0.126. The smallest absolute Gasteiger partial charge is 0.288 e. The van der Waals surface area contributed by atoms with E-state index in [4.69, 9.17) is 17.0 Å². The molecule has 7 nitrogen and oxygen atoms in total. The van der Waals surface area contributed by atoms with Gasteiger partial charge in [-0.25, -0.2) is 0 Å². The van der Waals surface area contributed by atoms with E-state index < -0.39 is 4.92 Å². The Kier molecular flexibility index (Phi) is 7.17. The van der Waals surface area contributed by atoms with Crippen LogP contribution in [-0.4, -0.2) is 22.1 Å². The van der Waals surface area contributed by atoms with Crippen LogP contribution in [0.4, 0.5) is 11.4 Å². The summed E-state index contributed by atoms with van der Waals surface area (Å²) in [5, 5.41) is 25.2. The molecule has 32 heavy (non-hydrogen) atoms. The van der Waals surface area contributed by atoms with Crippen LogP contribution in [0.3, 0.4) is 0 Å². The van der Waals surface area contributed by atoms with E-state index in [1.165, 1.54) is 24.3 Å². The third-order valence-electron chi connectivity index (χ3n) is 4.90. The number of anilines is 1. The minimum Gasteiger partial charge on any atom is -0.502 e. The van der Waals surface area contributed by atoms with Crippen molar-refractivity contribution in [3.63, 3.8) is 0 Å². The number of non-ortho nitro benzene ring substituents is 1. The standard InChI is InChI=1S/C24H23N3O4S/c1-16(2)17-11-13-26(14-12-17)22(23(28)18-7-9-20(10-8-18)27(29)30)24(32)25-19-5-4-6-21(15-19)31-3/h4-16H,1-3H3,(H-,25,28,32)/p+1. The number of aliphatic hydroxyl groups is 1. The van der Waals surface area contributed by atoms with Crippen LogP contribution in [0.1, 0.15) is 30.9 Å². The van der Waals surface area contributed by atoms with E-state index in [1.807, 2.05) is 42.7 Å². The van der Waals surface area contributed by atoms with Crippen LogP contribution < -0.4 is 14.6 Å². The monoisotopic (exact) mass is 450 g/mol. The van der Waals surface area contributed by atoms with Gasteiger partial charge in [0.15, 0.2) is 23.1 Å². The van der Waals surface area contributed by atoms with Crippen molar-refractivity contribution in [1.82, 2.24) is 0 Å². The number of aromatic nitrogens is 1. The van der Waals surface area contributed by atoms with E-state index in [-0.39, 0.29) is 16.4 Å². The summed E-state index contributed by atoms with van der Waals surface area (Å²) in [6, 6.07) is 16.9. The second kappa shape index (κ2) is 10.0. The molecule has 2 N–H and O–H groups in total. The van der Waals surface area contributed by atoms with E-state index >= 15 is 0 Å². The van der Waals surface area contributed by atoms with Gasteiger partial charge in [0.2, 0.25) is 0 Å². The molecule has 0 unspecified atom stereocenters. The highest BCUT2D eigenvalue weighted by Gasteiger charge is 2.24. The Bertz CT molecular complexity index is 1160. The van der Waals surface area contributed by atoms with Gasteiger partial charge in [-0.3, -0.25) is 10.1 Å². The number of methoxy groups -OCH3 is 1. The van der Waals surface area contributed by atoms with Gasteiger partial charge < -0.3 is 15.2 Å². The molecule has 164 valence electrons. The lowest BCUT2D eigenvalue weighted by Crippen LogP contribution is -2.38. The molecule has 1 aromatic heterocycles. The summed E-state index contributed by atoms with van der Waals surface area (Å²) in [7, 11) is 1.58. The molecule has 0 bridgehead atoms. The fourth-order valence-corrected chi connectivity index (χ4v) is 3.41. The minimum absolute atomic E-state index is 0.0610. The first-order chi connectivity index (χ1) is 15.3. The fraction of sp³-hybridized carbons (Fsp3) is 0.167. The summed E-state index contributed by atoms with van der Waals surface area (Å²) < 4.78 is 6.98. The zero-order valence-corrected chi connectivity index (χ0v) is 18.8. The van der Waals surface area contributed by atoms with Crippen LogP contribution in [0.15, 0.2) is 73.1 Å². The summed E-state index contributed by atoms with van der Waals surface area (Å²) in [4.78, 5) is 10.8. The number of thiocarbonyl (C=S) groups is 1. The summed E-state index contributed by atoms with van der Waals surface area (Å²) in [5.41, 5.74) is 2.52. The Labute approximate surface area is 191 Å². The normalized spacial score (nSPS) is 11.6. The Morgan fingerprint density at radius 2 is 1.78 bits per heavy atom. The molecule has 0 radical (unpaired) electrons. The molecule has 1 heterocycles. The maximum absolute atomic E-state index is 11.1. The molecule has 0 aliphatic heterocycles. The molecule has 0 fully saturated rings. The number of hydrogen-bond acceptors (Lipinski definition) is 5. The lowest BCUT2D eigenvalue weighted by atomic mass is 10.1. The number of pyridine rings is 1. The molecule has 2 aromatic carbocycles. The summed E-state index contributed by atoms with van der Waals surface area (Å²) in [6.07, 6.45) is 3.65. The largest absolute Gasteiger partial charge is 0.502 e. The van der Waals surface area contributed by atoms with Crippen molar-refractivity contribution in [2.45, 2.75) is 19.8 Å². The van der Waals surface area contributed by atoms with Crippen LogP contribution in [0.2, 0.25) is 0 Å². The van der Waals surface area contributed by atoms with Crippen molar-refractivity contribution in [2.24, 2.45) is 0 Å². The molecule has 3 aromatic rings. The average molecular weight is 451 g/mol. The fourth-order valence-electron chi connectivity index (χ4n) is 3.09. The lowest BCUT2D eigenvalue weighted by molar-refractivity contribution is -0.575. The molecule has 0 aliphatic carbocycles. The molecule has 0 aliphatic rings. The Morgan fingerprint density at radius 3 is 2.34 bits per heavy atom. The van der Waals surface area contributed by atoms with Crippen LogP contribution in [0.5, 0.6) is 5.75 Å². The highest BCUT2D eigenvalue weighted by molar-refractivity contribution is 7.81. The topological polar surface area (TPSA) is 88.5 Å². The highest BCUT2D eigenvalue weighted by Crippen LogP contribution is 2.23. The molecular formula is C24H24N3O4S+. The summed E-state index contributed by atoms with van der Waals surface area (Å²) >= 11 is 5.65. The van der Waals surface area contributed by atoms with Crippen molar-refractivity contribution >= 4 is 40.0 Å². The van der Waals surface area contributed by atoms with Crippen molar-refractivity contribution < 1.29 is 19.3 Å². The number of hydrogen-bond donors (Lipinski definition) is 2. The third-order valence-corrected chi connectivity index (χ3v) is 5.19. The molecular weight excluding hydrogens is 426 g/mol. The highest BCUT2D eigenvalue weighted by atomic mass is 32.1. The molecule has 0 saturated carbocycles. The van der Waals surface area contributed by atoms with Gasteiger partial charge in [-0.05, 0) is 35.7 Å². The molecule has 0 spiro atoms. The maximum Gasteiger partial charge on any atom is 0.288 e.